The monoisotopic (exact) mass is 406 g/mol. The third-order valence-corrected chi connectivity index (χ3v) is 5.37. The summed E-state index contributed by atoms with van der Waals surface area (Å²) in [5.41, 5.74) is 1.16. The predicted octanol–water partition coefficient (Wildman–Crippen LogP) is 4.17. The highest BCUT2D eigenvalue weighted by Gasteiger charge is 2.47. The number of amides is 1. The molecule has 146 valence electrons. The minimum absolute atomic E-state index is 0.0325. The van der Waals surface area contributed by atoms with Crippen molar-refractivity contribution in [3.8, 4) is 5.75 Å². The summed E-state index contributed by atoms with van der Waals surface area (Å²) >= 11 is 1.26. The van der Waals surface area contributed by atoms with Crippen molar-refractivity contribution in [3.63, 3.8) is 0 Å². The second-order valence-corrected chi connectivity index (χ2v) is 7.23. The van der Waals surface area contributed by atoms with Crippen LogP contribution < -0.4 is 9.64 Å². The minimum atomic E-state index is -0.766. The Morgan fingerprint density at radius 1 is 1.17 bits per heavy atom. The van der Waals surface area contributed by atoms with Crippen molar-refractivity contribution in [2.45, 2.75) is 13.0 Å². The molecule has 0 radical (unpaired) electrons. The molecule has 2 heterocycles. The van der Waals surface area contributed by atoms with Gasteiger partial charge in [0.25, 0.3) is 5.78 Å². The van der Waals surface area contributed by atoms with Gasteiger partial charge in [0.05, 0.1) is 18.2 Å². The van der Waals surface area contributed by atoms with Gasteiger partial charge in [-0.3, -0.25) is 14.5 Å². The quantitative estimate of drug-likeness (QED) is 0.391. The number of aliphatic hydroxyl groups is 1. The maximum Gasteiger partial charge on any atom is 0.301 e. The minimum Gasteiger partial charge on any atom is -0.507 e. The number of aromatic nitrogens is 1. The second-order valence-electron chi connectivity index (χ2n) is 6.36. The molecule has 29 heavy (non-hydrogen) atoms. The van der Waals surface area contributed by atoms with Crippen molar-refractivity contribution >= 4 is 33.9 Å². The van der Waals surface area contributed by atoms with E-state index in [9.17, 15) is 14.7 Å². The molecule has 0 saturated carbocycles. The molecule has 0 spiro atoms. The van der Waals surface area contributed by atoms with Gasteiger partial charge in [0.1, 0.15) is 11.5 Å². The third-order valence-electron chi connectivity index (χ3n) is 4.60. The number of thiazole rings is 1. The summed E-state index contributed by atoms with van der Waals surface area (Å²) in [5.74, 6) is -1.12. The van der Waals surface area contributed by atoms with E-state index >= 15 is 0 Å². The molecule has 1 aromatic heterocycles. The zero-order valence-electron chi connectivity index (χ0n) is 15.6. The van der Waals surface area contributed by atoms with Crippen LogP contribution in [0.2, 0.25) is 0 Å². The first-order valence-corrected chi connectivity index (χ1v) is 9.98. The van der Waals surface area contributed by atoms with Gasteiger partial charge >= 0.3 is 5.91 Å². The van der Waals surface area contributed by atoms with Gasteiger partial charge in [-0.25, -0.2) is 4.98 Å². The number of carbonyl (C=O) groups is 2. The lowest BCUT2D eigenvalue weighted by Crippen LogP contribution is -2.29. The summed E-state index contributed by atoms with van der Waals surface area (Å²) in [7, 11) is 0. The van der Waals surface area contributed by atoms with Crippen molar-refractivity contribution in [1.82, 2.24) is 4.98 Å². The van der Waals surface area contributed by atoms with E-state index in [0.29, 0.717) is 28.6 Å². The zero-order chi connectivity index (χ0) is 20.4. The molecule has 1 unspecified atom stereocenters. The number of aliphatic hydroxyl groups excluding tert-OH is 1. The van der Waals surface area contributed by atoms with Crippen LogP contribution in [0.25, 0.3) is 5.76 Å². The number of ketones is 1. The molecule has 1 N–H and O–H groups in total. The normalized spacial score (nSPS) is 18.2. The Balaban J connectivity index is 1.90. The molecule has 1 aliphatic heterocycles. The lowest BCUT2D eigenvalue weighted by molar-refractivity contribution is -0.132. The number of carbonyl (C=O) groups excluding carboxylic acids is 2. The molecule has 1 amide bonds. The first-order chi connectivity index (χ1) is 14.1. The van der Waals surface area contributed by atoms with Gasteiger partial charge in [-0.15, -0.1) is 11.3 Å². The summed E-state index contributed by atoms with van der Waals surface area (Å²) in [6, 6.07) is 15.2. The van der Waals surface area contributed by atoms with Crippen LogP contribution in [0.4, 0.5) is 5.13 Å². The topological polar surface area (TPSA) is 79.7 Å². The number of hydrogen-bond acceptors (Lipinski definition) is 6. The number of ether oxygens (including phenoxy) is 1. The Kier molecular flexibility index (Phi) is 5.14. The van der Waals surface area contributed by atoms with E-state index in [4.69, 9.17) is 4.74 Å². The Hall–Kier alpha value is -3.45. The average Bonchev–Trinajstić information content (AvgIpc) is 3.36. The molecule has 4 rings (SSSR count). The number of Topliss-reactive ketones (excluding diaryl/α,β-unsaturated/α-hetero) is 1. The van der Waals surface area contributed by atoms with Crippen LogP contribution in [0.3, 0.4) is 0 Å². The molecule has 0 aliphatic carbocycles. The van der Waals surface area contributed by atoms with Gasteiger partial charge in [-0.05, 0) is 24.6 Å². The van der Waals surface area contributed by atoms with Crippen molar-refractivity contribution in [2.24, 2.45) is 0 Å². The van der Waals surface area contributed by atoms with Gasteiger partial charge < -0.3 is 9.84 Å². The Morgan fingerprint density at radius 3 is 2.66 bits per heavy atom. The number of benzene rings is 2. The maximum atomic E-state index is 13.0. The lowest BCUT2D eigenvalue weighted by Gasteiger charge is -2.22. The van der Waals surface area contributed by atoms with Gasteiger partial charge in [0, 0.05) is 17.1 Å². The molecular weight excluding hydrogens is 388 g/mol. The van der Waals surface area contributed by atoms with Crippen LogP contribution in [0.5, 0.6) is 5.75 Å². The third kappa shape index (κ3) is 3.40. The number of hydrogen-bond donors (Lipinski definition) is 1. The molecule has 3 aromatic rings. The van der Waals surface area contributed by atoms with E-state index in [1.54, 1.807) is 35.8 Å². The summed E-state index contributed by atoms with van der Waals surface area (Å²) in [6.45, 7) is 2.34. The standard InChI is InChI=1S/C22H18N2O4S/c1-2-28-16-10-6-9-15(13-16)19(25)17-18(14-7-4-3-5-8-14)24(21(27)20(17)26)22-23-11-12-29-22/h3-13,18,25H,2H2,1H3/b19-17+. The zero-order valence-corrected chi connectivity index (χ0v) is 16.4. The average molecular weight is 406 g/mol. The van der Waals surface area contributed by atoms with Crippen LogP contribution >= 0.6 is 11.3 Å². The van der Waals surface area contributed by atoms with Gasteiger partial charge in [-0.2, -0.15) is 0 Å². The Bertz CT molecular complexity index is 1080. The molecule has 1 saturated heterocycles. The fraction of sp³-hybridized carbons (Fsp3) is 0.136. The van der Waals surface area contributed by atoms with E-state index in [-0.39, 0.29) is 11.3 Å². The summed E-state index contributed by atoms with van der Waals surface area (Å²) in [6.07, 6.45) is 1.58. The van der Waals surface area contributed by atoms with Gasteiger partial charge in [0.15, 0.2) is 5.13 Å². The number of anilines is 1. The highest BCUT2D eigenvalue weighted by molar-refractivity contribution is 7.14. The number of rotatable bonds is 5. The molecular formula is C22H18N2O4S. The first kappa shape index (κ1) is 18.9. The second kappa shape index (κ2) is 7.89. The van der Waals surface area contributed by atoms with Gasteiger partial charge in [-0.1, -0.05) is 42.5 Å². The molecule has 1 aliphatic rings. The van der Waals surface area contributed by atoms with Crippen LogP contribution in [0, 0.1) is 0 Å². The van der Waals surface area contributed by atoms with Crippen LogP contribution in [0.15, 0.2) is 71.7 Å². The predicted molar refractivity (Wildman–Crippen MR) is 111 cm³/mol. The van der Waals surface area contributed by atoms with Crippen molar-refractivity contribution < 1.29 is 19.4 Å². The summed E-state index contributed by atoms with van der Waals surface area (Å²) < 4.78 is 5.49. The smallest absolute Gasteiger partial charge is 0.301 e. The maximum absolute atomic E-state index is 13.0. The molecule has 1 atom stereocenters. The summed E-state index contributed by atoms with van der Waals surface area (Å²) in [4.78, 5) is 31.4. The SMILES string of the molecule is CCOc1cccc(/C(O)=C2\C(=O)C(=O)N(c3nccs3)C2c2ccccc2)c1. The largest absolute Gasteiger partial charge is 0.507 e. The molecule has 1 fully saturated rings. The molecule has 7 heteroatoms. The number of nitrogens with zero attached hydrogens (tertiary/aromatic N) is 2. The Labute approximate surface area is 171 Å². The lowest BCUT2D eigenvalue weighted by atomic mass is 9.95. The highest BCUT2D eigenvalue weighted by Crippen LogP contribution is 2.42. The fourth-order valence-corrected chi connectivity index (χ4v) is 4.04. The van der Waals surface area contributed by atoms with Crippen molar-refractivity contribution in [2.75, 3.05) is 11.5 Å². The van der Waals surface area contributed by atoms with E-state index in [1.807, 2.05) is 37.3 Å². The first-order valence-electron chi connectivity index (χ1n) is 9.10. The van der Waals surface area contributed by atoms with Gasteiger partial charge in [0.2, 0.25) is 0 Å². The summed E-state index contributed by atoms with van der Waals surface area (Å²) in [5, 5.41) is 13.2. The van der Waals surface area contributed by atoms with E-state index in [0.717, 1.165) is 0 Å². The Morgan fingerprint density at radius 2 is 1.97 bits per heavy atom. The van der Waals surface area contributed by atoms with Crippen molar-refractivity contribution in [1.29, 1.82) is 0 Å². The highest BCUT2D eigenvalue weighted by atomic mass is 32.1. The fourth-order valence-electron chi connectivity index (χ4n) is 3.37. The van der Waals surface area contributed by atoms with Crippen LogP contribution in [-0.2, 0) is 9.59 Å². The van der Waals surface area contributed by atoms with E-state index in [1.165, 1.54) is 16.2 Å². The molecule has 0 bridgehead atoms. The van der Waals surface area contributed by atoms with E-state index < -0.39 is 17.7 Å². The molecule has 6 nitrogen and oxygen atoms in total. The van der Waals surface area contributed by atoms with Crippen LogP contribution in [-0.4, -0.2) is 28.4 Å². The van der Waals surface area contributed by atoms with Crippen molar-refractivity contribution in [3.05, 3.63) is 82.9 Å². The molecule has 2 aromatic carbocycles. The van der Waals surface area contributed by atoms with Crippen LogP contribution in [0.1, 0.15) is 24.1 Å². The van der Waals surface area contributed by atoms with E-state index in [2.05, 4.69) is 4.98 Å².